The van der Waals surface area contributed by atoms with Gasteiger partial charge in [0.2, 0.25) is 0 Å². The zero-order valence-electron chi connectivity index (χ0n) is 5.41. The van der Waals surface area contributed by atoms with Crippen molar-refractivity contribution in [1.29, 1.82) is 0 Å². The molecule has 11 heavy (non-hydrogen) atoms. The quantitative estimate of drug-likeness (QED) is 0.639. The van der Waals surface area contributed by atoms with E-state index in [1.165, 1.54) is 0 Å². The Bertz CT molecular complexity index is 398. The first-order valence-corrected chi connectivity index (χ1v) is 3.84. The Balaban J connectivity index is 2.90. The van der Waals surface area contributed by atoms with Crippen molar-refractivity contribution in [2.75, 3.05) is 0 Å². The molecule has 0 spiro atoms. The predicted octanol–water partition coefficient (Wildman–Crippen LogP) is 2.77. The highest BCUT2D eigenvalue weighted by Gasteiger charge is 2.04. The van der Waals surface area contributed by atoms with Crippen molar-refractivity contribution in [2.24, 2.45) is 0 Å². The smallest absolute Gasteiger partial charge is 0.293 e. The monoisotopic (exact) mass is 185 g/mol. The minimum atomic E-state index is 0.154. The molecule has 0 saturated carbocycles. The molecule has 0 aliphatic heterocycles. The number of hydrogen-bond donors (Lipinski definition) is 1. The first kappa shape index (κ1) is 7.00. The summed E-state index contributed by atoms with van der Waals surface area (Å²) in [5.74, 6) is 0. The average molecular weight is 186 g/mol. The molecule has 0 aliphatic carbocycles. The Hall–Kier alpha value is -0.670. The average Bonchev–Trinajstić information content (AvgIpc) is 2.31. The standard InChI is InChI=1S/C7H4ClNOS/c8-7-9-4-2-1-3-5(11)6(4)10-7/h1-3,11H. The summed E-state index contributed by atoms with van der Waals surface area (Å²) in [6.45, 7) is 0. The number of rotatable bonds is 0. The summed E-state index contributed by atoms with van der Waals surface area (Å²) in [4.78, 5) is 4.68. The molecule has 0 saturated heterocycles. The highest BCUT2D eigenvalue weighted by atomic mass is 35.5. The zero-order valence-corrected chi connectivity index (χ0v) is 7.06. The molecule has 2 rings (SSSR count). The Morgan fingerprint density at radius 3 is 3.00 bits per heavy atom. The van der Waals surface area contributed by atoms with Gasteiger partial charge in [0.25, 0.3) is 5.35 Å². The minimum absolute atomic E-state index is 0.154. The van der Waals surface area contributed by atoms with Crippen LogP contribution < -0.4 is 0 Å². The number of para-hydroxylation sites is 1. The Kier molecular flexibility index (Phi) is 1.55. The SMILES string of the molecule is Sc1cccc2nc(Cl)oc12. The van der Waals surface area contributed by atoms with Gasteiger partial charge < -0.3 is 4.42 Å². The molecule has 1 aromatic heterocycles. The Morgan fingerprint density at radius 1 is 1.45 bits per heavy atom. The topological polar surface area (TPSA) is 26.0 Å². The first-order valence-electron chi connectivity index (χ1n) is 3.01. The molecule has 2 nitrogen and oxygen atoms in total. The predicted molar refractivity (Wildman–Crippen MR) is 46.3 cm³/mol. The van der Waals surface area contributed by atoms with Gasteiger partial charge in [0.05, 0.1) is 0 Å². The number of benzene rings is 1. The summed E-state index contributed by atoms with van der Waals surface area (Å²) in [5.41, 5.74) is 1.38. The van der Waals surface area contributed by atoms with Crippen LogP contribution in [0.1, 0.15) is 0 Å². The number of aromatic nitrogens is 1. The van der Waals surface area contributed by atoms with Gasteiger partial charge in [-0.15, -0.1) is 12.6 Å². The third-order valence-electron chi connectivity index (χ3n) is 1.37. The molecule has 0 aliphatic rings. The molecule has 0 amide bonds. The Labute approximate surface area is 73.6 Å². The maximum atomic E-state index is 5.54. The zero-order chi connectivity index (χ0) is 7.84. The normalized spacial score (nSPS) is 10.7. The first-order chi connectivity index (χ1) is 5.27. The summed E-state index contributed by atoms with van der Waals surface area (Å²) in [5, 5.41) is 0.154. The fourth-order valence-corrected chi connectivity index (χ4v) is 1.32. The van der Waals surface area contributed by atoms with E-state index in [1.807, 2.05) is 18.2 Å². The van der Waals surface area contributed by atoms with Crippen molar-refractivity contribution in [3.05, 3.63) is 23.5 Å². The van der Waals surface area contributed by atoms with Crippen molar-refractivity contribution in [2.45, 2.75) is 4.90 Å². The second-order valence-corrected chi connectivity index (χ2v) is 2.90. The maximum absolute atomic E-state index is 5.54. The molecule has 4 heteroatoms. The molecule has 2 aromatic rings. The maximum Gasteiger partial charge on any atom is 0.293 e. The molecule has 0 atom stereocenters. The molecule has 56 valence electrons. The van der Waals surface area contributed by atoms with E-state index < -0.39 is 0 Å². The fraction of sp³-hybridized carbons (Fsp3) is 0. The van der Waals surface area contributed by atoms with E-state index in [1.54, 1.807) is 0 Å². The lowest BCUT2D eigenvalue weighted by atomic mass is 10.3. The molecular formula is C7H4ClNOS. The summed E-state index contributed by atoms with van der Waals surface area (Å²) < 4.78 is 5.08. The summed E-state index contributed by atoms with van der Waals surface area (Å²) in [6, 6.07) is 5.50. The van der Waals surface area contributed by atoms with Gasteiger partial charge in [0, 0.05) is 4.90 Å². The van der Waals surface area contributed by atoms with Crippen LogP contribution >= 0.6 is 24.2 Å². The van der Waals surface area contributed by atoms with Crippen molar-refractivity contribution in [3.63, 3.8) is 0 Å². The number of fused-ring (bicyclic) bond motifs is 1. The van der Waals surface area contributed by atoms with E-state index >= 15 is 0 Å². The van der Waals surface area contributed by atoms with E-state index in [4.69, 9.17) is 16.0 Å². The lowest BCUT2D eigenvalue weighted by Gasteiger charge is -1.88. The van der Waals surface area contributed by atoms with Gasteiger partial charge in [-0.25, -0.2) is 0 Å². The second-order valence-electron chi connectivity index (χ2n) is 2.09. The van der Waals surface area contributed by atoms with Crippen LogP contribution in [0.5, 0.6) is 0 Å². The molecule has 0 unspecified atom stereocenters. The number of halogens is 1. The van der Waals surface area contributed by atoms with Gasteiger partial charge >= 0.3 is 0 Å². The fourth-order valence-electron chi connectivity index (χ4n) is 0.907. The van der Waals surface area contributed by atoms with Crippen LogP contribution in [0.25, 0.3) is 11.1 Å². The lowest BCUT2D eigenvalue weighted by molar-refractivity contribution is 0.598. The lowest BCUT2D eigenvalue weighted by Crippen LogP contribution is -1.67. The van der Waals surface area contributed by atoms with Crippen LogP contribution in [-0.2, 0) is 0 Å². The summed E-state index contributed by atoms with van der Waals surface area (Å²) in [7, 11) is 0. The number of oxazole rings is 1. The molecule has 1 heterocycles. The van der Waals surface area contributed by atoms with Gasteiger partial charge in [0.1, 0.15) is 5.52 Å². The molecular weight excluding hydrogens is 182 g/mol. The van der Waals surface area contributed by atoms with Crippen LogP contribution in [-0.4, -0.2) is 4.98 Å². The van der Waals surface area contributed by atoms with Crippen molar-refractivity contribution >= 4 is 35.3 Å². The molecule has 0 bridgehead atoms. The van der Waals surface area contributed by atoms with Gasteiger partial charge in [-0.2, -0.15) is 4.98 Å². The third kappa shape index (κ3) is 1.10. The van der Waals surface area contributed by atoms with Crippen molar-refractivity contribution < 1.29 is 4.42 Å². The van der Waals surface area contributed by atoms with Crippen LogP contribution in [0.3, 0.4) is 0 Å². The summed E-state index contributed by atoms with van der Waals surface area (Å²) in [6.07, 6.45) is 0. The number of thiol groups is 1. The van der Waals surface area contributed by atoms with E-state index in [-0.39, 0.29) is 5.35 Å². The third-order valence-corrected chi connectivity index (χ3v) is 1.88. The number of hydrogen-bond acceptors (Lipinski definition) is 3. The Morgan fingerprint density at radius 2 is 2.27 bits per heavy atom. The van der Waals surface area contributed by atoms with Crippen LogP contribution in [0.15, 0.2) is 27.5 Å². The van der Waals surface area contributed by atoms with Crippen LogP contribution in [0.4, 0.5) is 0 Å². The molecule has 1 aromatic carbocycles. The van der Waals surface area contributed by atoms with E-state index in [0.717, 1.165) is 10.4 Å². The highest BCUT2D eigenvalue weighted by Crippen LogP contribution is 2.24. The van der Waals surface area contributed by atoms with Crippen molar-refractivity contribution in [1.82, 2.24) is 4.98 Å². The van der Waals surface area contributed by atoms with Gasteiger partial charge in [-0.05, 0) is 23.7 Å². The summed E-state index contributed by atoms with van der Waals surface area (Å²) >= 11 is 9.71. The van der Waals surface area contributed by atoms with Gasteiger partial charge in [-0.1, -0.05) is 6.07 Å². The molecule has 0 fully saturated rings. The number of nitrogens with zero attached hydrogens (tertiary/aromatic N) is 1. The second kappa shape index (κ2) is 2.43. The van der Waals surface area contributed by atoms with Crippen LogP contribution in [0, 0.1) is 0 Å². The largest absolute Gasteiger partial charge is 0.426 e. The van der Waals surface area contributed by atoms with E-state index in [2.05, 4.69) is 17.6 Å². The molecule has 0 radical (unpaired) electrons. The minimum Gasteiger partial charge on any atom is -0.426 e. The van der Waals surface area contributed by atoms with Gasteiger partial charge in [-0.3, -0.25) is 0 Å². The van der Waals surface area contributed by atoms with Crippen LogP contribution in [0.2, 0.25) is 5.35 Å². The molecule has 0 N–H and O–H groups in total. The van der Waals surface area contributed by atoms with E-state index in [9.17, 15) is 0 Å². The van der Waals surface area contributed by atoms with E-state index in [0.29, 0.717) is 5.58 Å². The van der Waals surface area contributed by atoms with Crippen molar-refractivity contribution in [3.8, 4) is 0 Å². The van der Waals surface area contributed by atoms with Gasteiger partial charge in [0.15, 0.2) is 5.58 Å². The highest BCUT2D eigenvalue weighted by molar-refractivity contribution is 7.80.